The number of anilines is 2. The predicted octanol–water partition coefficient (Wildman–Crippen LogP) is 3.16. The lowest BCUT2D eigenvalue weighted by Crippen LogP contribution is -2.43. The number of ether oxygens (including phenoxy) is 3. The molecule has 1 fully saturated rings. The molecule has 0 radical (unpaired) electrons. The van der Waals surface area contributed by atoms with Gasteiger partial charge in [0.05, 0.1) is 31.2 Å². The Labute approximate surface area is 161 Å². The number of carbonyl (C=O) groups is 2. The summed E-state index contributed by atoms with van der Waals surface area (Å²) in [4.78, 5) is 29.1. The van der Waals surface area contributed by atoms with Gasteiger partial charge in [-0.05, 0) is 31.2 Å². The van der Waals surface area contributed by atoms with Crippen molar-refractivity contribution in [2.24, 2.45) is 0 Å². The number of fused-ring (bicyclic) bond motifs is 2. The maximum atomic E-state index is 13.2. The number of nitrogens with zero attached hydrogens (tertiary/aromatic N) is 1. The summed E-state index contributed by atoms with van der Waals surface area (Å²) in [6.45, 7) is 2.52. The second kappa shape index (κ2) is 7.72. The van der Waals surface area contributed by atoms with Crippen LogP contribution >= 0.6 is 11.8 Å². The molecule has 140 valence electrons. The van der Waals surface area contributed by atoms with E-state index >= 15 is 0 Å². The van der Waals surface area contributed by atoms with Crippen LogP contribution in [0.1, 0.15) is 6.92 Å². The molecule has 1 saturated heterocycles. The third-order valence-electron chi connectivity index (χ3n) is 4.37. The van der Waals surface area contributed by atoms with E-state index in [1.54, 1.807) is 23.6 Å². The highest BCUT2D eigenvalue weighted by Crippen LogP contribution is 2.48. The minimum atomic E-state index is -0.952. The summed E-state index contributed by atoms with van der Waals surface area (Å²) in [5, 5.41) is 0. The van der Waals surface area contributed by atoms with Crippen molar-refractivity contribution in [2.75, 3.05) is 24.7 Å². The maximum Gasteiger partial charge on any atom is 0.338 e. The van der Waals surface area contributed by atoms with Crippen LogP contribution in [0.5, 0.6) is 0 Å². The number of benzene rings is 2. The molecule has 0 aromatic heterocycles. The van der Waals surface area contributed by atoms with Crippen molar-refractivity contribution < 1.29 is 23.8 Å². The van der Waals surface area contributed by atoms with Crippen LogP contribution in [-0.4, -0.2) is 43.9 Å². The van der Waals surface area contributed by atoms with Crippen LogP contribution < -0.4 is 4.90 Å². The molecule has 0 N–H and O–H groups in total. The first-order valence-corrected chi connectivity index (χ1v) is 9.56. The van der Waals surface area contributed by atoms with E-state index in [0.29, 0.717) is 13.2 Å². The molecule has 0 saturated carbocycles. The van der Waals surface area contributed by atoms with Gasteiger partial charge >= 0.3 is 5.97 Å². The first-order chi connectivity index (χ1) is 13.1. The quantitative estimate of drug-likeness (QED) is 0.757. The molecule has 4 rings (SSSR count). The van der Waals surface area contributed by atoms with E-state index in [0.717, 1.165) is 21.2 Å². The van der Waals surface area contributed by atoms with E-state index in [-0.39, 0.29) is 12.5 Å². The van der Waals surface area contributed by atoms with Gasteiger partial charge in [-0.25, -0.2) is 4.79 Å². The van der Waals surface area contributed by atoms with Crippen molar-refractivity contribution in [3.63, 3.8) is 0 Å². The van der Waals surface area contributed by atoms with Crippen LogP contribution in [-0.2, 0) is 23.8 Å². The minimum absolute atomic E-state index is 0.145. The lowest BCUT2D eigenvalue weighted by atomic mass is 10.2. The average molecular weight is 385 g/mol. The van der Waals surface area contributed by atoms with Crippen LogP contribution in [0.3, 0.4) is 0 Å². The third kappa shape index (κ3) is 3.58. The molecule has 7 heteroatoms. The fourth-order valence-corrected chi connectivity index (χ4v) is 4.11. The molecule has 0 spiro atoms. The van der Waals surface area contributed by atoms with Gasteiger partial charge < -0.3 is 14.2 Å². The predicted molar refractivity (Wildman–Crippen MR) is 100 cm³/mol. The van der Waals surface area contributed by atoms with Gasteiger partial charge in [-0.3, -0.25) is 9.69 Å². The van der Waals surface area contributed by atoms with Crippen molar-refractivity contribution in [1.29, 1.82) is 0 Å². The monoisotopic (exact) mass is 385 g/mol. The van der Waals surface area contributed by atoms with Crippen molar-refractivity contribution in [1.82, 2.24) is 0 Å². The Bertz CT molecular complexity index is 819. The van der Waals surface area contributed by atoms with Gasteiger partial charge in [0.25, 0.3) is 5.91 Å². The molecule has 2 atom stereocenters. The summed E-state index contributed by atoms with van der Waals surface area (Å²) in [6.07, 6.45) is -1.74. The van der Waals surface area contributed by atoms with Crippen molar-refractivity contribution in [2.45, 2.75) is 28.9 Å². The Morgan fingerprint density at radius 1 is 1.07 bits per heavy atom. The van der Waals surface area contributed by atoms with E-state index in [1.807, 2.05) is 48.5 Å². The molecule has 1 amide bonds. The molecular formula is C20H19NO5S. The van der Waals surface area contributed by atoms with E-state index in [2.05, 4.69) is 0 Å². The van der Waals surface area contributed by atoms with Crippen LogP contribution in [0.15, 0.2) is 58.3 Å². The van der Waals surface area contributed by atoms with E-state index < -0.39 is 18.2 Å². The topological polar surface area (TPSA) is 65.1 Å². The molecule has 2 aliphatic heterocycles. The van der Waals surface area contributed by atoms with Gasteiger partial charge in [0.15, 0.2) is 12.2 Å². The molecule has 2 aromatic rings. The second-order valence-corrected chi connectivity index (χ2v) is 7.31. The third-order valence-corrected chi connectivity index (χ3v) is 5.50. The maximum absolute atomic E-state index is 13.2. The Balaban J connectivity index is 1.58. The zero-order valence-corrected chi connectivity index (χ0v) is 15.6. The van der Waals surface area contributed by atoms with Gasteiger partial charge in [0, 0.05) is 9.79 Å². The Morgan fingerprint density at radius 3 is 2.30 bits per heavy atom. The van der Waals surface area contributed by atoms with Gasteiger partial charge in [-0.15, -0.1) is 0 Å². The number of amides is 1. The first-order valence-electron chi connectivity index (χ1n) is 8.75. The zero-order chi connectivity index (χ0) is 18.8. The molecule has 0 unspecified atom stereocenters. The normalized spacial score (nSPS) is 19.6. The Morgan fingerprint density at radius 2 is 1.70 bits per heavy atom. The number of hydrogen-bond donors (Lipinski definition) is 0. The highest BCUT2D eigenvalue weighted by atomic mass is 32.2. The number of hydrogen-bond acceptors (Lipinski definition) is 6. The standard InChI is InChI=1S/C20H19NO5S/c1-13(26-20(23)16-12-24-10-11-25-16)19(22)21-14-6-2-4-8-17(14)27-18-9-5-3-7-15(18)21/h2-9,13,16H,10-12H2,1H3/t13-,16-/m0/s1. The highest BCUT2D eigenvalue weighted by molar-refractivity contribution is 7.99. The van der Waals surface area contributed by atoms with Crippen LogP contribution in [0.2, 0.25) is 0 Å². The molecule has 27 heavy (non-hydrogen) atoms. The van der Waals surface area contributed by atoms with Crippen LogP contribution in [0, 0.1) is 0 Å². The molecule has 6 nitrogen and oxygen atoms in total. The smallest absolute Gasteiger partial charge is 0.338 e. The first kappa shape index (κ1) is 18.0. The lowest BCUT2D eigenvalue weighted by molar-refractivity contribution is -0.176. The molecule has 0 bridgehead atoms. The Kier molecular flexibility index (Phi) is 5.15. The molecular weight excluding hydrogens is 366 g/mol. The summed E-state index contributed by atoms with van der Waals surface area (Å²) >= 11 is 1.61. The summed E-state index contributed by atoms with van der Waals surface area (Å²) in [6, 6.07) is 15.4. The average Bonchev–Trinajstić information content (AvgIpc) is 2.72. The summed E-state index contributed by atoms with van der Waals surface area (Å²) in [7, 11) is 0. The van der Waals surface area contributed by atoms with E-state index in [4.69, 9.17) is 14.2 Å². The molecule has 2 heterocycles. The highest BCUT2D eigenvalue weighted by Gasteiger charge is 2.34. The van der Waals surface area contributed by atoms with Crippen molar-refractivity contribution in [3.05, 3.63) is 48.5 Å². The summed E-state index contributed by atoms with van der Waals surface area (Å²) in [5.74, 6) is -0.885. The number of rotatable bonds is 3. The fraction of sp³-hybridized carbons (Fsp3) is 0.300. The van der Waals surface area contributed by atoms with Gasteiger partial charge in [0.1, 0.15) is 0 Å². The van der Waals surface area contributed by atoms with Gasteiger partial charge in [0.2, 0.25) is 0 Å². The number of para-hydroxylation sites is 2. The van der Waals surface area contributed by atoms with E-state index in [9.17, 15) is 9.59 Å². The largest absolute Gasteiger partial charge is 0.451 e. The summed E-state index contributed by atoms with van der Waals surface area (Å²) < 4.78 is 16.0. The van der Waals surface area contributed by atoms with Crippen molar-refractivity contribution >= 4 is 35.0 Å². The molecule has 2 aromatic carbocycles. The number of carbonyl (C=O) groups excluding carboxylic acids is 2. The lowest BCUT2D eigenvalue weighted by Gasteiger charge is -2.32. The molecule has 2 aliphatic rings. The van der Waals surface area contributed by atoms with Gasteiger partial charge in [-0.1, -0.05) is 36.0 Å². The number of esters is 1. The van der Waals surface area contributed by atoms with E-state index in [1.165, 1.54) is 0 Å². The minimum Gasteiger partial charge on any atom is -0.451 e. The van der Waals surface area contributed by atoms with Crippen molar-refractivity contribution in [3.8, 4) is 0 Å². The summed E-state index contributed by atoms with van der Waals surface area (Å²) in [5.41, 5.74) is 1.57. The molecule has 0 aliphatic carbocycles. The van der Waals surface area contributed by atoms with Crippen LogP contribution in [0.4, 0.5) is 11.4 Å². The second-order valence-electron chi connectivity index (χ2n) is 6.22. The van der Waals surface area contributed by atoms with Gasteiger partial charge in [-0.2, -0.15) is 0 Å². The van der Waals surface area contributed by atoms with Crippen LogP contribution in [0.25, 0.3) is 0 Å². The Hall–Kier alpha value is -2.35. The fourth-order valence-electron chi connectivity index (χ4n) is 3.05. The SMILES string of the molecule is C[C@H](OC(=O)[C@@H]1COCCO1)C(=O)N1c2ccccc2Sc2ccccc21. The zero-order valence-electron chi connectivity index (χ0n) is 14.8.